The first-order chi connectivity index (χ1) is 11.2. The second-order valence-electron chi connectivity index (χ2n) is 5.29. The Labute approximate surface area is 136 Å². The highest BCUT2D eigenvalue weighted by atomic mass is 16.2. The van der Waals surface area contributed by atoms with Crippen LogP contribution in [-0.2, 0) is 4.79 Å². The SMILES string of the molecule is CCC(=O)N(C)n1cnc(-c2ccccc2)c1-c1ccccc1. The fourth-order valence-corrected chi connectivity index (χ4v) is 2.59. The third-order valence-corrected chi connectivity index (χ3v) is 3.83. The standard InChI is InChI=1S/C19H19N3O/c1-3-17(23)21(2)22-14-20-18(15-10-6-4-7-11-15)19(22)16-12-8-5-9-13-16/h4-14H,3H2,1-2H3. The summed E-state index contributed by atoms with van der Waals surface area (Å²) >= 11 is 0. The van der Waals surface area contributed by atoms with Gasteiger partial charge >= 0.3 is 0 Å². The van der Waals surface area contributed by atoms with Crippen LogP contribution in [0.4, 0.5) is 0 Å². The summed E-state index contributed by atoms with van der Waals surface area (Å²) in [7, 11) is 1.77. The predicted molar refractivity (Wildman–Crippen MR) is 92.5 cm³/mol. The molecule has 0 aliphatic rings. The molecule has 0 saturated heterocycles. The van der Waals surface area contributed by atoms with E-state index in [1.165, 1.54) is 0 Å². The average molecular weight is 305 g/mol. The van der Waals surface area contributed by atoms with E-state index in [4.69, 9.17) is 0 Å². The fraction of sp³-hybridized carbons (Fsp3) is 0.158. The molecule has 0 radical (unpaired) electrons. The highest BCUT2D eigenvalue weighted by Gasteiger charge is 2.19. The van der Waals surface area contributed by atoms with Crippen LogP contribution in [0.15, 0.2) is 67.0 Å². The minimum Gasteiger partial charge on any atom is -0.273 e. The lowest BCUT2D eigenvalue weighted by Gasteiger charge is -2.20. The van der Waals surface area contributed by atoms with Gasteiger partial charge in [-0.25, -0.2) is 9.66 Å². The number of rotatable bonds is 4. The number of carbonyl (C=O) groups is 1. The van der Waals surface area contributed by atoms with E-state index in [0.29, 0.717) is 6.42 Å². The molecule has 1 heterocycles. The van der Waals surface area contributed by atoms with Crippen LogP contribution in [-0.4, -0.2) is 22.6 Å². The Kier molecular flexibility index (Phi) is 4.24. The highest BCUT2D eigenvalue weighted by Crippen LogP contribution is 2.31. The maximum absolute atomic E-state index is 12.1. The van der Waals surface area contributed by atoms with Gasteiger partial charge in [-0.15, -0.1) is 0 Å². The van der Waals surface area contributed by atoms with Crippen LogP contribution < -0.4 is 5.01 Å². The predicted octanol–water partition coefficient (Wildman–Crippen LogP) is 3.72. The van der Waals surface area contributed by atoms with E-state index in [2.05, 4.69) is 4.98 Å². The van der Waals surface area contributed by atoms with Crippen LogP contribution in [0.2, 0.25) is 0 Å². The summed E-state index contributed by atoms with van der Waals surface area (Å²) in [5, 5.41) is 1.61. The number of hydrogen-bond donors (Lipinski definition) is 0. The first-order valence-electron chi connectivity index (χ1n) is 7.67. The molecule has 23 heavy (non-hydrogen) atoms. The normalized spacial score (nSPS) is 10.5. The lowest BCUT2D eigenvalue weighted by atomic mass is 10.1. The summed E-state index contributed by atoms with van der Waals surface area (Å²) in [4.78, 5) is 16.7. The molecule has 0 fully saturated rings. The zero-order valence-corrected chi connectivity index (χ0v) is 13.3. The summed E-state index contributed by atoms with van der Waals surface area (Å²) in [6, 6.07) is 20.0. The first-order valence-corrected chi connectivity index (χ1v) is 7.67. The van der Waals surface area contributed by atoms with Crippen LogP contribution >= 0.6 is 0 Å². The fourth-order valence-electron chi connectivity index (χ4n) is 2.59. The van der Waals surface area contributed by atoms with Gasteiger partial charge in [-0.2, -0.15) is 0 Å². The molecule has 0 atom stereocenters. The molecular weight excluding hydrogens is 286 g/mol. The molecule has 3 rings (SSSR count). The number of nitrogens with zero attached hydrogens (tertiary/aromatic N) is 3. The smallest absolute Gasteiger partial charge is 0.240 e. The van der Waals surface area contributed by atoms with Crippen LogP contribution in [0.3, 0.4) is 0 Å². The summed E-state index contributed by atoms with van der Waals surface area (Å²) < 4.78 is 1.82. The van der Waals surface area contributed by atoms with E-state index in [-0.39, 0.29) is 5.91 Å². The average Bonchev–Trinajstić information content (AvgIpc) is 3.06. The molecule has 2 aromatic carbocycles. The van der Waals surface area contributed by atoms with Crippen molar-refractivity contribution in [3.8, 4) is 22.5 Å². The molecular formula is C19H19N3O. The topological polar surface area (TPSA) is 38.1 Å². The number of carbonyl (C=O) groups excluding carboxylic acids is 1. The molecule has 0 aliphatic carbocycles. The molecule has 0 N–H and O–H groups in total. The molecule has 116 valence electrons. The minimum absolute atomic E-state index is 0.0409. The van der Waals surface area contributed by atoms with Gasteiger partial charge in [0, 0.05) is 24.6 Å². The number of amides is 1. The van der Waals surface area contributed by atoms with Gasteiger partial charge in [0.2, 0.25) is 5.91 Å². The van der Waals surface area contributed by atoms with E-state index in [0.717, 1.165) is 22.5 Å². The van der Waals surface area contributed by atoms with Gasteiger partial charge in [0.1, 0.15) is 6.33 Å². The van der Waals surface area contributed by atoms with Crippen LogP contribution in [0, 0.1) is 0 Å². The molecule has 1 amide bonds. The van der Waals surface area contributed by atoms with Crippen molar-refractivity contribution in [1.29, 1.82) is 0 Å². The highest BCUT2D eigenvalue weighted by molar-refractivity contribution is 5.87. The van der Waals surface area contributed by atoms with Crippen molar-refractivity contribution in [3.63, 3.8) is 0 Å². The van der Waals surface area contributed by atoms with Crippen molar-refractivity contribution in [2.45, 2.75) is 13.3 Å². The lowest BCUT2D eigenvalue weighted by Crippen LogP contribution is -2.36. The van der Waals surface area contributed by atoms with Gasteiger partial charge in [0.05, 0.1) is 11.4 Å². The molecule has 1 aromatic heterocycles. The van der Waals surface area contributed by atoms with Crippen molar-refractivity contribution in [1.82, 2.24) is 9.66 Å². The Balaban J connectivity index is 2.19. The first kappa shape index (κ1) is 15.0. The zero-order chi connectivity index (χ0) is 16.2. The number of imidazole rings is 1. The van der Waals surface area contributed by atoms with E-state index in [9.17, 15) is 4.79 Å². The van der Waals surface area contributed by atoms with Gasteiger partial charge in [-0.1, -0.05) is 67.6 Å². The molecule has 0 saturated carbocycles. The second kappa shape index (κ2) is 6.48. The van der Waals surface area contributed by atoms with E-state index in [1.807, 2.05) is 72.3 Å². The number of hydrogen-bond acceptors (Lipinski definition) is 2. The third kappa shape index (κ3) is 2.88. The minimum atomic E-state index is 0.0409. The van der Waals surface area contributed by atoms with Crippen LogP contribution in [0.25, 0.3) is 22.5 Å². The Morgan fingerprint density at radius 3 is 2.13 bits per heavy atom. The van der Waals surface area contributed by atoms with Gasteiger partial charge in [0.15, 0.2) is 0 Å². The zero-order valence-electron chi connectivity index (χ0n) is 13.3. The molecule has 0 unspecified atom stereocenters. The van der Waals surface area contributed by atoms with Gasteiger partial charge in [-0.3, -0.25) is 9.80 Å². The second-order valence-corrected chi connectivity index (χ2v) is 5.29. The number of aromatic nitrogens is 2. The summed E-state index contributed by atoms with van der Waals surface area (Å²) in [5.41, 5.74) is 3.84. The summed E-state index contributed by atoms with van der Waals surface area (Å²) in [5.74, 6) is 0.0409. The summed E-state index contributed by atoms with van der Waals surface area (Å²) in [6.45, 7) is 1.86. The van der Waals surface area contributed by atoms with Crippen molar-refractivity contribution in [2.75, 3.05) is 12.1 Å². The molecule has 4 nitrogen and oxygen atoms in total. The molecule has 3 aromatic rings. The van der Waals surface area contributed by atoms with Crippen molar-refractivity contribution < 1.29 is 4.79 Å². The maximum atomic E-state index is 12.1. The maximum Gasteiger partial charge on any atom is 0.240 e. The third-order valence-electron chi connectivity index (χ3n) is 3.83. The Bertz CT molecular complexity index is 794. The van der Waals surface area contributed by atoms with E-state index < -0.39 is 0 Å². The van der Waals surface area contributed by atoms with E-state index in [1.54, 1.807) is 18.4 Å². The quantitative estimate of drug-likeness (QED) is 0.737. The largest absolute Gasteiger partial charge is 0.273 e. The number of benzene rings is 2. The van der Waals surface area contributed by atoms with Crippen molar-refractivity contribution >= 4 is 5.91 Å². The Hall–Kier alpha value is -2.88. The monoisotopic (exact) mass is 305 g/mol. The van der Waals surface area contributed by atoms with Gasteiger partial charge < -0.3 is 0 Å². The van der Waals surface area contributed by atoms with Crippen molar-refractivity contribution in [2.24, 2.45) is 0 Å². The molecule has 4 heteroatoms. The van der Waals surface area contributed by atoms with Gasteiger partial charge in [0.25, 0.3) is 0 Å². The Morgan fingerprint density at radius 1 is 1.00 bits per heavy atom. The van der Waals surface area contributed by atoms with Crippen LogP contribution in [0.5, 0.6) is 0 Å². The lowest BCUT2D eigenvalue weighted by molar-refractivity contribution is -0.119. The Morgan fingerprint density at radius 2 is 1.57 bits per heavy atom. The van der Waals surface area contributed by atoms with Gasteiger partial charge in [-0.05, 0) is 0 Å². The molecule has 0 aliphatic heterocycles. The van der Waals surface area contributed by atoms with E-state index >= 15 is 0 Å². The molecule has 0 bridgehead atoms. The molecule has 0 spiro atoms. The van der Waals surface area contributed by atoms with Crippen molar-refractivity contribution in [3.05, 3.63) is 67.0 Å². The summed E-state index contributed by atoms with van der Waals surface area (Å²) in [6.07, 6.45) is 2.15. The van der Waals surface area contributed by atoms with Crippen LogP contribution in [0.1, 0.15) is 13.3 Å².